The van der Waals surface area contributed by atoms with E-state index in [0.29, 0.717) is 18.9 Å². The summed E-state index contributed by atoms with van der Waals surface area (Å²) in [4.78, 5) is 11.7. The molecule has 0 heterocycles. The Kier molecular flexibility index (Phi) is 4.26. The van der Waals surface area contributed by atoms with Crippen LogP contribution in [0.4, 0.5) is 13.6 Å². The van der Waals surface area contributed by atoms with Crippen LogP contribution >= 0.6 is 11.6 Å². The Morgan fingerprint density at radius 2 is 2.09 bits per heavy atom. The third-order valence-electron chi connectivity index (χ3n) is 4.53. The normalized spacial score (nSPS) is 28.6. The molecular weight excluding hydrogens is 310 g/mol. The van der Waals surface area contributed by atoms with Gasteiger partial charge in [0, 0.05) is 29.9 Å². The van der Waals surface area contributed by atoms with Crippen molar-refractivity contribution in [1.82, 2.24) is 10.6 Å². The number of benzene rings is 1. The van der Waals surface area contributed by atoms with E-state index in [0.717, 1.165) is 17.9 Å². The van der Waals surface area contributed by atoms with Crippen LogP contribution in [0.15, 0.2) is 24.3 Å². The summed E-state index contributed by atoms with van der Waals surface area (Å²) in [7, 11) is 0. The lowest BCUT2D eigenvalue weighted by atomic mass is 9.76. The van der Waals surface area contributed by atoms with Crippen molar-refractivity contribution in [1.29, 1.82) is 0 Å². The molecule has 1 aromatic rings. The highest BCUT2D eigenvalue weighted by Gasteiger charge is 2.55. The van der Waals surface area contributed by atoms with E-state index in [1.165, 1.54) is 5.56 Å². The molecule has 2 amide bonds. The number of hydrogen-bond donors (Lipinski definition) is 2. The van der Waals surface area contributed by atoms with Crippen molar-refractivity contribution in [2.45, 2.75) is 43.6 Å². The van der Waals surface area contributed by atoms with Crippen LogP contribution in [0.2, 0.25) is 5.02 Å². The molecule has 0 bridgehead atoms. The minimum atomic E-state index is -2.50. The summed E-state index contributed by atoms with van der Waals surface area (Å²) in [5.41, 5.74) is 1.20. The van der Waals surface area contributed by atoms with Gasteiger partial charge >= 0.3 is 6.03 Å². The molecule has 6 heteroatoms. The van der Waals surface area contributed by atoms with Gasteiger partial charge in [-0.3, -0.25) is 0 Å². The molecule has 1 unspecified atom stereocenters. The lowest BCUT2D eigenvalue weighted by Crippen LogP contribution is -2.47. The van der Waals surface area contributed by atoms with Crippen LogP contribution in [0.25, 0.3) is 0 Å². The van der Waals surface area contributed by atoms with E-state index >= 15 is 0 Å². The highest BCUT2D eigenvalue weighted by molar-refractivity contribution is 6.30. The minimum absolute atomic E-state index is 0.0414. The molecule has 3 nitrogen and oxygen atoms in total. The Morgan fingerprint density at radius 1 is 1.36 bits per heavy atom. The topological polar surface area (TPSA) is 41.1 Å². The SMILES string of the molecule is O=C(NCCC1CC1(F)F)NC1CC(c2cccc(Cl)c2)C1. The number of rotatable bonds is 5. The van der Waals surface area contributed by atoms with Crippen molar-refractivity contribution < 1.29 is 13.6 Å². The molecule has 0 radical (unpaired) electrons. The van der Waals surface area contributed by atoms with Gasteiger partial charge in [0.05, 0.1) is 0 Å². The number of nitrogens with one attached hydrogen (secondary N) is 2. The third kappa shape index (κ3) is 3.69. The van der Waals surface area contributed by atoms with E-state index < -0.39 is 11.8 Å². The van der Waals surface area contributed by atoms with Crippen LogP contribution in [0.1, 0.15) is 37.2 Å². The van der Waals surface area contributed by atoms with Crippen LogP contribution in [-0.2, 0) is 0 Å². The molecule has 2 N–H and O–H groups in total. The van der Waals surface area contributed by atoms with Crippen molar-refractivity contribution in [3.63, 3.8) is 0 Å². The van der Waals surface area contributed by atoms with Crippen molar-refractivity contribution in [2.24, 2.45) is 5.92 Å². The van der Waals surface area contributed by atoms with Gasteiger partial charge in [-0.1, -0.05) is 23.7 Å². The number of hydrogen-bond acceptors (Lipinski definition) is 1. The van der Waals surface area contributed by atoms with Gasteiger partial charge < -0.3 is 10.6 Å². The van der Waals surface area contributed by atoms with Crippen LogP contribution in [0, 0.1) is 5.92 Å². The second-order valence-electron chi connectivity index (χ2n) is 6.27. The molecule has 2 aliphatic rings. The number of carbonyl (C=O) groups is 1. The maximum absolute atomic E-state index is 12.7. The molecule has 1 atom stereocenters. The molecule has 1 aromatic carbocycles. The lowest BCUT2D eigenvalue weighted by Gasteiger charge is -2.36. The zero-order valence-corrected chi connectivity index (χ0v) is 12.9. The average Bonchev–Trinajstić information content (AvgIpc) is 3.01. The maximum Gasteiger partial charge on any atom is 0.315 e. The maximum atomic E-state index is 12.7. The van der Waals surface area contributed by atoms with Crippen molar-refractivity contribution in [2.75, 3.05) is 6.54 Å². The molecule has 0 spiro atoms. The molecule has 0 saturated heterocycles. The summed E-state index contributed by atoms with van der Waals surface area (Å²) >= 11 is 5.97. The number of carbonyl (C=O) groups excluding carboxylic acids is 1. The lowest BCUT2D eigenvalue weighted by molar-refractivity contribution is 0.0970. The Morgan fingerprint density at radius 3 is 2.73 bits per heavy atom. The van der Waals surface area contributed by atoms with E-state index in [1.54, 1.807) is 0 Å². The van der Waals surface area contributed by atoms with E-state index in [2.05, 4.69) is 10.6 Å². The van der Waals surface area contributed by atoms with Gasteiger partial charge in [-0.15, -0.1) is 0 Å². The molecule has 22 heavy (non-hydrogen) atoms. The molecule has 2 saturated carbocycles. The first-order chi connectivity index (χ1) is 10.4. The van der Waals surface area contributed by atoms with Crippen LogP contribution in [-0.4, -0.2) is 24.5 Å². The Bertz CT molecular complexity index is 561. The zero-order valence-electron chi connectivity index (χ0n) is 12.1. The minimum Gasteiger partial charge on any atom is -0.338 e. The van der Waals surface area contributed by atoms with E-state index in [4.69, 9.17) is 11.6 Å². The average molecular weight is 329 g/mol. The quantitative estimate of drug-likeness (QED) is 0.844. The molecule has 120 valence electrons. The highest BCUT2D eigenvalue weighted by Crippen LogP contribution is 2.50. The summed E-state index contributed by atoms with van der Waals surface area (Å²) in [5.74, 6) is -2.63. The fraction of sp³-hybridized carbons (Fsp3) is 0.562. The largest absolute Gasteiger partial charge is 0.338 e. The number of urea groups is 1. The van der Waals surface area contributed by atoms with Gasteiger partial charge in [-0.25, -0.2) is 13.6 Å². The summed E-state index contributed by atoms with van der Waals surface area (Å²) in [6.45, 7) is 0.302. The fourth-order valence-electron chi connectivity index (χ4n) is 2.95. The summed E-state index contributed by atoms with van der Waals surface area (Å²) in [6.07, 6.45) is 2.07. The first-order valence-corrected chi connectivity index (χ1v) is 7.99. The number of alkyl halides is 2. The van der Waals surface area contributed by atoms with Crippen molar-refractivity contribution >= 4 is 17.6 Å². The van der Waals surface area contributed by atoms with Gasteiger partial charge in [-0.05, 0) is 42.9 Å². The van der Waals surface area contributed by atoms with Gasteiger partial charge in [0.2, 0.25) is 0 Å². The fourth-order valence-corrected chi connectivity index (χ4v) is 3.15. The zero-order chi connectivity index (χ0) is 15.7. The molecule has 0 aliphatic heterocycles. The van der Waals surface area contributed by atoms with E-state index in [1.807, 2.05) is 24.3 Å². The van der Waals surface area contributed by atoms with Gasteiger partial charge in [0.15, 0.2) is 0 Å². The summed E-state index contributed by atoms with van der Waals surface area (Å²) < 4.78 is 25.4. The number of amides is 2. The molecule has 0 aromatic heterocycles. The third-order valence-corrected chi connectivity index (χ3v) is 4.76. The molecule has 2 fully saturated rings. The van der Waals surface area contributed by atoms with Crippen molar-refractivity contribution in [3.8, 4) is 0 Å². The van der Waals surface area contributed by atoms with Crippen LogP contribution < -0.4 is 10.6 Å². The van der Waals surface area contributed by atoms with Gasteiger partial charge in [0.1, 0.15) is 0 Å². The predicted molar refractivity (Wildman–Crippen MR) is 81.4 cm³/mol. The van der Waals surface area contributed by atoms with Crippen LogP contribution in [0.5, 0.6) is 0 Å². The molecule has 2 aliphatic carbocycles. The Labute approximate surface area is 133 Å². The predicted octanol–water partition coefficient (Wildman–Crippen LogP) is 3.93. The second-order valence-corrected chi connectivity index (χ2v) is 6.71. The Balaban J connectivity index is 1.33. The highest BCUT2D eigenvalue weighted by atomic mass is 35.5. The summed E-state index contributed by atoms with van der Waals surface area (Å²) in [6, 6.07) is 7.65. The molecule has 3 rings (SSSR count). The van der Waals surface area contributed by atoms with Gasteiger partial charge in [0.25, 0.3) is 5.92 Å². The first kappa shape index (κ1) is 15.5. The second kappa shape index (κ2) is 6.03. The Hall–Kier alpha value is -1.36. The smallest absolute Gasteiger partial charge is 0.315 e. The van der Waals surface area contributed by atoms with Crippen molar-refractivity contribution in [3.05, 3.63) is 34.9 Å². The first-order valence-electron chi connectivity index (χ1n) is 7.62. The monoisotopic (exact) mass is 328 g/mol. The summed E-state index contributed by atoms with van der Waals surface area (Å²) in [5, 5.41) is 6.25. The van der Waals surface area contributed by atoms with E-state index in [-0.39, 0.29) is 18.5 Å². The van der Waals surface area contributed by atoms with Crippen LogP contribution in [0.3, 0.4) is 0 Å². The molecular formula is C16H19ClF2N2O. The standard InChI is InChI=1S/C16H19ClF2N2O/c17-13-3-1-2-10(6-13)11-7-14(8-11)21-15(22)20-5-4-12-9-16(12,18)19/h1-3,6,11-12,14H,4-5,7-9H2,(H2,20,21,22). The van der Waals surface area contributed by atoms with E-state index in [9.17, 15) is 13.6 Å². The van der Waals surface area contributed by atoms with Gasteiger partial charge in [-0.2, -0.15) is 0 Å². The number of halogens is 3.